The summed E-state index contributed by atoms with van der Waals surface area (Å²) in [7, 11) is 1.37. The smallest absolute Gasteiger partial charge is 0.497 e. The zero-order valence-electron chi connectivity index (χ0n) is 6.93. The highest BCUT2D eigenvalue weighted by Crippen LogP contribution is 2.18. The molecule has 1 aromatic carbocycles. The van der Waals surface area contributed by atoms with Crippen molar-refractivity contribution in [2.45, 2.75) is 0 Å². The van der Waals surface area contributed by atoms with E-state index in [1.165, 1.54) is 13.2 Å². The van der Waals surface area contributed by atoms with Crippen molar-refractivity contribution in [3.05, 3.63) is 18.2 Å². The predicted molar refractivity (Wildman–Crippen MR) is 46.1 cm³/mol. The Kier molecular flexibility index (Phi) is 2.40. The molecule has 0 aromatic heterocycles. The number of rotatable bonds is 2. The summed E-state index contributed by atoms with van der Waals surface area (Å²) in [5, 5.41) is 0. The molecule has 0 radical (unpaired) electrons. The Morgan fingerprint density at radius 2 is 1.92 bits per heavy atom. The number of hydrogen-bond donors (Lipinski definition) is 1. The summed E-state index contributed by atoms with van der Waals surface area (Å²) < 4.78 is 41.4. The lowest BCUT2D eigenvalue weighted by Gasteiger charge is -2.17. The molecule has 0 aliphatic heterocycles. The predicted octanol–water partition coefficient (Wildman–Crippen LogP) is 1.33. The van der Waals surface area contributed by atoms with Crippen molar-refractivity contribution >= 4 is 18.1 Å². The first kappa shape index (κ1) is 9.76. The third kappa shape index (κ3) is 2.08. The van der Waals surface area contributed by atoms with Crippen LogP contribution in [0.15, 0.2) is 18.2 Å². The van der Waals surface area contributed by atoms with Gasteiger partial charge < -0.3 is 23.4 Å². The van der Waals surface area contributed by atoms with E-state index < -0.39 is 12.4 Å². The van der Waals surface area contributed by atoms with E-state index in [-0.39, 0.29) is 5.69 Å². The lowest BCUT2D eigenvalue weighted by atomic mass is 9.79. The van der Waals surface area contributed by atoms with Gasteiger partial charge in [-0.2, -0.15) is 0 Å². The summed E-state index contributed by atoms with van der Waals surface area (Å²) in [6, 6.07) is 3.32. The third-order valence-electron chi connectivity index (χ3n) is 1.65. The second-order valence-corrected chi connectivity index (χ2v) is 2.57. The van der Waals surface area contributed by atoms with Crippen molar-refractivity contribution < 1.29 is 17.7 Å². The molecule has 0 aliphatic rings. The Balaban J connectivity index is 3.13. The zero-order chi connectivity index (χ0) is 10.1. The van der Waals surface area contributed by atoms with Crippen LogP contribution in [0.25, 0.3) is 0 Å². The van der Waals surface area contributed by atoms with Gasteiger partial charge in [-0.3, -0.25) is 0 Å². The van der Waals surface area contributed by atoms with Gasteiger partial charge in [0.1, 0.15) is 5.75 Å². The fourth-order valence-electron chi connectivity index (χ4n) is 0.978. The molecular formula is C7H8BF3NO-. The number of nitrogen functional groups attached to an aromatic ring is 1. The summed E-state index contributed by atoms with van der Waals surface area (Å²) in [6.07, 6.45) is 0. The normalized spacial score (nSPS) is 11.4. The minimum absolute atomic E-state index is 0.299. The van der Waals surface area contributed by atoms with Gasteiger partial charge >= 0.3 is 6.98 Å². The molecule has 0 fully saturated rings. The summed E-state index contributed by atoms with van der Waals surface area (Å²) >= 11 is 0. The van der Waals surface area contributed by atoms with E-state index >= 15 is 0 Å². The van der Waals surface area contributed by atoms with Gasteiger partial charge in [0.25, 0.3) is 0 Å². The fourth-order valence-corrected chi connectivity index (χ4v) is 0.978. The fraction of sp³-hybridized carbons (Fsp3) is 0.143. The molecule has 0 saturated heterocycles. The maximum atomic E-state index is 12.2. The number of halogens is 3. The van der Waals surface area contributed by atoms with Crippen molar-refractivity contribution in [1.29, 1.82) is 0 Å². The van der Waals surface area contributed by atoms with E-state index in [9.17, 15) is 12.9 Å². The van der Waals surface area contributed by atoms with E-state index in [0.29, 0.717) is 5.75 Å². The maximum Gasteiger partial charge on any atom is 0.511 e. The topological polar surface area (TPSA) is 35.2 Å². The molecule has 72 valence electrons. The van der Waals surface area contributed by atoms with E-state index in [1.807, 2.05) is 0 Å². The van der Waals surface area contributed by atoms with E-state index in [0.717, 1.165) is 12.1 Å². The molecule has 0 unspecified atom stereocenters. The van der Waals surface area contributed by atoms with Crippen LogP contribution >= 0.6 is 0 Å². The number of benzene rings is 1. The molecule has 0 spiro atoms. The number of anilines is 1. The van der Waals surface area contributed by atoms with Crippen LogP contribution in [0.2, 0.25) is 0 Å². The lowest BCUT2D eigenvalue weighted by molar-refractivity contribution is 0.415. The molecule has 0 atom stereocenters. The first-order valence-electron chi connectivity index (χ1n) is 3.58. The second-order valence-electron chi connectivity index (χ2n) is 2.57. The molecule has 1 rings (SSSR count). The van der Waals surface area contributed by atoms with Gasteiger partial charge in [-0.15, -0.1) is 0 Å². The van der Waals surface area contributed by atoms with E-state index in [1.54, 1.807) is 0 Å². The van der Waals surface area contributed by atoms with Gasteiger partial charge in [-0.1, -0.05) is 11.5 Å². The molecule has 0 amide bonds. The summed E-state index contributed by atoms with van der Waals surface area (Å²) in [5.41, 5.74) is 4.12. The van der Waals surface area contributed by atoms with Crippen molar-refractivity contribution in [3.8, 4) is 5.75 Å². The van der Waals surface area contributed by atoms with Gasteiger partial charge in [0.2, 0.25) is 0 Å². The van der Waals surface area contributed by atoms with Gasteiger partial charge in [0.05, 0.1) is 7.11 Å². The summed E-state index contributed by atoms with van der Waals surface area (Å²) in [6.45, 7) is -5.03. The van der Waals surface area contributed by atoms with Crippen LogP contribution in [-0.2, 0) is 0 Å². The Morgan fingerprint density at radius 1 is 1.31 bits per heavy atom. The van der Waals surface area contributed by atoms with Crippen LogP contribution in [0.5, 0.6) is 5.75 Å². The first-order valence-corrected chi connectivity index (χ1v) is 3.58. The third-order valence-corrected chi connectivity index (χ3v) is 1.65. The molecule has 2 nitrogen and oxygen atoms in total. The average Bonchev–Trinajstić information content (AvgIpc) is 2.01. The van der Waals surface area contributed by atoms with Crippen molar-refractivity contribution in [2.75, 3.05) is 12.8 Å². The van der Waals surface area contributed by atoms with Crippen LogP contribution < -0.4 is 15.9 Å². The number of nitrogens with two attached hydrogens (primary N) is 1. The molecule has 13 heavy (non-hydrogen) atoms. The van der Waals surface area contributed by atoms with Crippen LogP contribution in [-0.4, -0.2) is 14.1 Å². The maximum absolute atomic E-state index is 12.2. The Labute approximate surface area is 73.6 Å². The minimum atomic E-state index is -5.03. The Bertz CT molecular complexity index is 313. The monoisotopic (exact) mass is 190 g/mol. The molecule has 1 aromatic rings. The zero-order valence-corrected chi connectivity index (χ0v) is 6.93. The molecule has 0 bridgehead atoms. The molecule has 6 heteroatoms. The van der Waals surface area contributed by atoms with E-state index in [4.69, 9.17) is 10.5 Å². The molecule has 2 N–H and O–H groups in total. The SMILES string of the molecule is COc1ccc([B-](F)(F)F)c(N)c1. The van der Waals surface area contributed by atoms with Gasteiger partial charge in [-0.05, 0) is 6.07 Å². The second kappa shape index (κ2) is 3.20. The number of methoxy groups -OCH3 is 1. The first-order chi connectivity index (χ1) is 5.95. The van der Waals surface area contributed by atoms with Crippen molar-refractivity contribution in [1.82, 2.24) is 0 Å². The van der Waals surface area contributed by atoms with Crippen LogP contribution in [0.4, 0.5) is 18.6 Å². The molecule has 0 saturated carbocycles. The number of hydrogen-bond acceptors (Lipinski definition) is 2. The van der Waals surface area contributed by atoms with Crippen molar-refractivity contribution in [2.24, 2.45) is 0 Å². The highest BCUT2D eigenvalue weighted by Gasteiger charge is 2.27. The standard InChI is InChI=1S/C7H8BF3NO/c1-13-5-2-3-6(7(12)4-5)8(9,10)11/h2-4H,12H2,1H3/q-1. The van der Waals surface area contributed by atoms with Gasteiger partial charge in [-0.25, -0.2) is 0 Å². The minimum Gasteiger partial charge on any atom is -0.497 e. The highest BCUT2D eigenvalue weighted by atomic mass is 19.4. The summed E-state index contributed by atoms with van der Waals surface area (Å²) in [5.74, 6) is 0.321. The van der Waals surface area contributed by atoms with Crippen LogP contribution in [0.3, 0.4) is 0 Å². The van der Waals surface area contributed by atoms with Gasteiger partial charge in [0, 0.05) is 11.8 Å². The quantitative estimate of drug-likeness (QED) is 0.563. The lowest BCUT2D eigenvalue weighted by Crippen LogP contribution is -2.36. The molecule has 0 aliphatic carbocycles. The van der Waals surface area contributed by atoms with Crippen molar-refractivity contribution in [3.63, 3.8) is 0 Å². The summed E-state index contributed by atoms with van der Waals surface area (Å²) in [4.78, 5) is 0. The molecular weight excluding hydrogens is 182 g/mol. The molecule has 0 heterocycles. The Hall–Kier alpha value is -1.33. The Morgan fingerprint density at radius 3 is 2.31 bits per heavy atom. The largest absolute Gasteiger partial charge is 0.511 e. The van der Waals surface area contributed by atoms with Gasteiger partial charge in [0.15, 0.2) is 0 Å². The van der Waals surface area contributed by atoms with Crippen LogP contribution in [0.1, 0.15) is 0 Å². The van der Waals surface area contributed by atoms with E-state index in [2.05, 4.69) is 0 Å². The number of ether oxygens (including phenoxy) is 1. The average molecular weight is 190 g/mol. The highest BCUT2D eigenvalue weighted by molar-refractivity contribution is 6.75. The van der Waals surface area contributed by atoms with Crippen LogP contribution in [0, 0.1) is 0 Å².